The summed E-state index contributed by atoms with van der Waals surface area (Å²) >= 11 is 0. The zero-order valence-corrected chi connectivity index (χ0v) is 64.3. The van der Waals surface area contributed by atoms with Crippen LogP contribution < -0.4 is 0 Å². The van der Waals surface area contributed by atoms with E-state index >= 15 is 0 Å². The smallest absolute Gasteiger partial charge is 0.160 e. The molecule has 6 heteroatoms. The predicted molar refractivity (Wildman–Crippen MR) is 492 cm³/mol. The normalized spacial score (nSPS) is 11.6. The Morgan fingerprint density at radius 3 is 0.941 bits per heavy atom. The van der Waals surface area contributed by atoms with Gasteiger partial charge >= 0.3 is 0 Å². The zero-order valence-electron chi connectivity index (χ0n) is 64.3. The summed E-state index contributed by atoms with van der Waals surface area (Å²) in [7, 11) is 0. The fraction of sp³-hybridized carbons (Fsp3) is 0. The topological polar surface area (TPSA) is 61.4 Å². The molecule has 0 aliphatic rings. The lowest BCUT2D eigenvalue weighted by atomic mass is 9.91. The molecule has 0 unspecified atom stereocenters. The third-order valence-corrected chi connectivity index (χ3v) is 23.4. The van der Waals surface area contributed by atoms with Crippen molar-refractivity contribution >= 4 is 65.2 Å². The molecule has 0 spiro atoms. The van der Waals surface area contributed by atoms with E-state index in [1.165, 1.54) is 38.1 Å². The van der Waals surface area contributed by atoms with Gasteiger partial charge in [-0.3, -0.25) is 0 Å². The van der Waals surface area contributed by atoms with Crippen molar-refractivity contribution in [3.05, 3.63) is 437 Å². The Morgan fingerprint density at radius 2 is 0.424 bits per heavy atom. The molecule has 4 aromatic heterocycles. The van der Waals surface area contributed by atoms with Crippen LogP contribution in [0.25, 0.3) is 222 Å². The van der Waals surface area contributed by atoms with Gasteiger partial charge in [0.05, 0.1) is 44.8 Å². The third-order valence-electron chi connectivity index (χ3n) is 23.4. The summed E-state index contributed by atoms with van der Waals surface area (Å²) in [5.74, 6) is 1.32. The monoisotopic (exact) mass is 1500 g/mol. The van der Waals surface area contributed by atoms with E-state index in [9.17, 15) is 0 Å². The van der Waals surface area contributed by atoms with Crippen LogP contribution >= 0.6 is 0 Å². The fourth-order valence-electron chi connectivity index (χ4n) is 17.6. The Hall–Kier alpha value is -15.8. The van der Waals surface area contributed by atoms with Crippen molar-refractivity contribution in [2.45, 2.75) is 0 Å². The molecule has 18 aromatic carbocycles. The summed E-state index contributed by atoms with van der Waals surface area (Å²) in [5.41, 5.74) is 32.1. The van der Waals surface area contributed by atoms with E-state index in [0.717, 1.165) is 172 Å². The second-order valence-electron chi connectivity index (χ2n) is 30.4. The van der Waals surface area contributed by atoms with E-state index in [0.29, 0.717) is 11.6 Å². The molecule has 0 fully saturated rings. The lowest BCUT2D eigenvalue weighted by molar-refractivity contribution is 1.18. The second kappa shape index (κ2) is 29.3. The maximum atomic E-state index is 5.61. The van der Waals surface area contributed by atoms with Gasteiger partial charge in [-0.15, -0.1) is 0 Å². The average molecular weight is 1500 g/mol. The van der Waals surface area contributed by atoms with E-state index in [1.54, 1.807) is 0 Å². The standard InChI is InChI=1S/C112H72N6/c1-5-26-73(27-6-1)75-52-54-76(55-53-75)103-71-105(115-111(113-103)77-30-9-3-10-31-77)97-62-60-91(93-44-13-15-46-95(93)97)86-38-22-34-80(65-86)84-57-59-102-100-49-18-20-51-108(100)118(110(102)70-84)90-43-25-36-82(68-90)81-35-24-40-88(67-81)112-114-104(87-39-23-32-78(66-87)74-28-7-2-8-29-74)72-106(116-112)98-63-61-92(94-45-14-16-47-96(94)98)85-37-21-33-79(64-85)83-56-58-101-99-48-17-19-50-107(99)117(109(101)69-83)89-41-11-4-12-42-89/h1-72H. The minimum Gasteiger partial charge on any atom is -0.309 e. The summed E-state index contributed by atoms with van der Waals surface area (Å²) in [6, 6.07) is 157. The molecule has 0 amide bonds. The highest BCUT2D eigenvalue weighted by molar-refractivity contribution is 6.13. The fourth-order valence-corrected chi connectivity index (χ4v) is 17.6. The minimum absolute atomic E-state index is 0.639. The molecule has 22 rings (SSSR count). The number of benzene rings is 18. The molecule has 550 valence electrons. The Bertz CT molecular complexity index is 7650. The van der Waals surface area contributed by atoms with Crippen LogP contribution in [0.4, 0.5) is 0 Å². The van der Waals surface area contributed by atoms with Gasteiger partial charge in [0.1, 0.15) is 0 Å². The average Bonchev–Trinajstić information content (AvgIpc) is 1.56. The number of hydrogen-bond donors (Lipinski definition) is 0. The summed E-state index contributed by atoms with van der Waals surface area (Å²) < 4.78 is 4.82. The number of aromatic nitrogens is 6. The van der Waals surface area contributed by atoms with Crippen LogP contribution in [0.15, 0.2) is 437 Å². The van der Waals surface area contributed by atoms with Crippen LogP contribution in [0.3, 0.4) is 0 Å². The summed E-state index contributed by atoms with van der Waals surface area (Å²) in [6.45, 7) is 0. The molecule has 0 radical (unpaired) electrons. The molecule has 4 heterocycles. The van der Waals surface area contributed by atoms with E-state index in [2.05, 4.69) is 428 Å². The Balaban J connectivity index is 0.607. The largest absolute Gasteiger partial charge is 0.309 e. The van der Waals surface area contributed by atoms with Crippen molar-refractivity contribution in [3.63, 3.8) is 0 Å². The van der Waals surface area contributed by atoms with Crippen molar-refractivity contribution in [2.75, 3.05) is 0 Å². The van der Waals surface area contributed by atoms with Crippen molar-refractivity contribution in [1.29, 1.82) is 0 Å². The highest BCUT2D eigenvalue weighted by atomic mass is 15.0. The molecule has 0 aliphatic carbocycles. The van der Waals surface area contributed by atoms with Gasteiger partial charge in [0, 0.05) is 66.3 Å². The third kappa shape index (κ3) is 12.6. The molecule has 0 aliphatic heterocycles. The first-order chi connectivity index (χ1) is 58.5. The van der Waals surface area contributed by atoms with Gasteiger partial charge in [0.25, 0.3) is 0 Å². The first-order valence-corrected chi connectivity index (χ1v) is 40.2. The van der Waals surface area contributed by atoms with Gasteiger partial charge in [-0.1, -0.05) is 352 Å². The lowest BCUT2D eigenvalue weighted by Gasteiger charge is -2.15. The van der Waals surface area contributed by atoms with Crippen LogP contribution in [0.5, 0.6) is 0 Å². The minimum atomic E-state index is 0.639. The molecule has 118 heavy (non-hydrogen) atoms. The van der Waals surface area contributed by atoms with Gasteiger partial charge in [0.15, 0.2) is 11.6 Å². The maximum Gasteiger partial charge on any atom is 0.160 e. The van der Waals surface area contributed by atoms with E-state index in [1.807, 2.05) is 18.2 Å². The number of fused-ring (bicyclic) bond motifs is 8. The number of hydrogen-bond acceptors (Lipinski definition) is 4. The Morgan fingerprint density at radius 1 is 0.136 bits per heavy atom. The Kier molecular flexibility index (Phi) is 17.1. The van der Waals surface area contributed by atoms with Crippen LogP contribution in [-0.2, 0) is 0 Å². The number of nitrogens with zero attached hydrogens (tertiary/aromatic N) is 6. The van der Waals surface area contributed by atoms with Crippen LogP contribution in [0, 0.1) is 0 Å². The molecule has 6 nitrogen and oxygen atoms in total. The quantitative estimate of drug-likeness (QED) is 0.103. The van der Waals surface area contributed by atoms with Gasteiger partial charge in [-0.25, -0.2) is 19.9 Å². The first-order valence-electron chi connectivity index (χ1n) is 40.2. The molecule has 0 atom stereocenters. The zero-order chi connectivity index (χ0) is 78.0. The maximum absolute atomic E-state index is 5.61. The highest BCUT2D eigenvalue weighted by Gasteiger charge is 2.22. The van der Waals surface area contributed by atoms with Crippen molar-refractivity contribution in [3.8, 4) is 157 Å². The lowest BCUT2D eigenvalue weighted by Crippen LogP contribution is -1.97. The number of para-hydroxylation sites is 3. The van der Waals surface area contributed by atoms with E-state index in [4.69, 9.17) is 19.9 Å². The SMILES string of the molecule is c1ccc(-c2ccc(-c3cc(-c4ccc(-c5cccc(-c6ccc7c8ccccc8n(-c8cccc(-c9cccc(-c%10nc(-c%11cccc(-c%12ccccc%12)c%11)cc(-c%11ccc(-c%12cccc(-c%13ccc%14c%15ccccc%15n(-c%15ccccc%15)c%14c%13)c%12)c%12ccccc%11%12)n%10)c9)c8)c7c6)c5)c5ccccc45)nc(-c4ccccc4)n3)cc2)cc1. The summed E-state index contributed by atoms with van der Waals surface area (Å²) in [6.07, 6.45) is 0. The molecule has 0 N–H and O–H groups in total. The van der Waals surface area contributed by atoms with E-state index < -0.39 is 0 Å². The molecule has 0 saturated carbocycles. The van der Waals surface area contributed by atoms with Gasteiger partial charge in [-0.05, 0) is 184 Å². The molecule has 0 saturated heterocycles. The molecular formula is C112H72N6. The first kappa shape index (κ1) is 69.0. The number of rotatable bonds is 15. The van der Waals surface area contributed by atoms with E-state index in [-0.39, 0.29) is 0 Å². The molecule has 22 aromatic rings. The van der Waals surface area contributed by atoms with Gasteiger partial charge in [-0.2, -0.15) is 0 Å². The molecule has 0 bridgehead atoms. The van der Waals surface area contributed by atoms with Gasteiger partial charge in [0.2, 0.25) is 0 Å². The summed E-state index contributed by atoms with van der Waals surface area (Å²) in [4.78, 5) is 21.7. The highest BCUT2D eigenvalue weighted by Crippen LogP contribution is 2.45. The van der Waals surface area contributed by atoms with Crippen molar-refractivity contribution < 1.29 is 0 Å². The predicted octanol–water partition coefficient (Wildman–Crippen LogP) is 29.4. The molecular weight excluding hydrogens is 1430 g/mol. The van der Waals surface area contributed by atoms with Crippen LogP contribution in [-0.4, -0.2) is 29.1 Å². The second-order valence-corrected chi connectivity index (χ2v) is 30.4. The van der Waals surface area contributed by atoms with Crippen LogP contribution in [0.2, 0.25) is 0 Å². The van der Waals surface area contributed by atoms with Crippen molar-refractivity contribution in [2.24, 2.45) is 0 Å². The van der Waals surface area contributed by atoms with Crippen LogP contribution in [0.1, 0.15) is 0 Å². The van der Waals surface area contributed by atoms with Gasteiger partial charge < -0.3 is 9.13 Å². The summed E-state index contributed by atoms with van der Waals surface area (Å²) in [5, 5.41) is 9.36. The Labute approximate surface area is 683 Å². The van der Waals surface area contributed by atoms with Crippen molar-refractivity contribution in [1.82, 2.24) is 29.1 Å².